The van der Waals surface area contributed by atoms with E-state index in [1.165, 1.54) is 12.0 Å². The van der Waals surface area contributed by atoms with Gasteiger partial charge in [-0.2, -0.15) is 0 Å². The van der Waals surface area contributed by atoms with Crippen molar-refractivity contribution in [3.05, 3.63) is 35.9 Å². The molecule has 2 nitrogen and oxygen atoms in total. The summed E-state index contributed by atoms with van der Waals surface area (Å²) < 4.78 is 5.57. The van der Waals surface area contributed by atoms with E-state index in [-0.39, 0.29) is 5.54 Å². The van der Waals surface area contributed by atoms with Gasteiger partial charge in [0.15, 0.2) is 0 Å². The number of nitrogens with two attached hydrogens (primary N) is 1. The summed E-state index contributed by atoms with van der Waals surface area (Å²) >= 11 is 0. The van der Waals surface area contributed by atoms with Gasteiger partial charge in [-0.05, 0) is 24.8 Å². The van der Waals surface area contributed by atoms with Crippen molar-refractivity contribution in [3.8, 4) is 0 Å². The molecule has 0 aliphatic carbocycles. The highest BCUT2D eigenvalue weighted by Gasteiger charge is 2.35. The van der Waals surface area contributed by atoms with Gasteiger partial charge in [-0.15, -0.1) is 0 Å². The third-order valence-corrected chi connectivity index (χ3v) is 3.79. The lowest BCUT2D eigenvalue weighted by Crippen LogP contribution is -2.47. The van der Waals surface area contributed by atoms with Gasteiger partial charge in [-0.25, -0.2) is 0 Å². The van der Waals surface area contributed by atoms with Crippen LogP contribution in [0, 0.1) is 5.92 Å². The Kier molecular flexibility index (Phi) is 3.62. The van der Waals surface area contributed by atoms with E-state index in [4.69, 9.17) is 10.5 Å². The van der Waals surface area contributed by atoms with Crippen LogP contribution in [0.3, 0.4) is 0 Å². The average Bonchev–Trinajstić information content (AvgIpc) is 2.40. The van der Waals surface area contributed by atoms with Gasteiger partial charge in [0.2, 0.25) is 0 Å². The Hall–Kier alpha value is -0.860. The Bertz CT molecular complexity index is 319. The second-order valence-electron chi connectivity index (χ2n) is 4.67. The van der Waals surface area contributed by atoms with Crippen LogP contribution in [0.15, 0.2) is 30.3 Å². The van der Waals surface area contributed by atoms with Gasteiger partial charge in [0.05, 0.1) is 6.61 Å². The summed E-state index contributed by atoms with van der Waals surface area (Å²) in [6, 6.07) is 10.4. The quantitative estimate of drug-likeness (QED) is 0.848. The number of hydrogen-bond donors (Lipinski definition) is 1. The van der Waals surface area contributed by atoms with E-state index in [1.807, 2.05) is 6.07 Å². The van der Waals surface area contributed by atoms with Crippen molar-refractivity contribution in [2.24, 2.45) is 11.7 Å². The maximum absolute atomic E-state index is 6.61. The fourth-order valence-electron chi connectivity index (χ4n) is 2.62. The van der Waals surface area contributed by atoms with Crippen molar-refractivity contribution in [3.63, 3.8) is 0 Å². The summed E-state index contributed by atoms with van der Waals surface area (Å²) in [6.07, 6.45) is 3.28. The molecule has 2 unspecified atom stereocenters. The highest BCUT2D eigenvalue weighted by Crippen LogP contribution is 2.35. The molecular weight excluding hydrogens is 198 g/mol. The molecule has 0 spiro atoms. The Balaban J connectivity index is 2.24. The average molecular weight is 219 g/mol. The zero-order valence-corrected chi connectivity index (χ0v) is 9.99. The van der Waals surface area contributed by atoms with Crippen molar-refractivity contribution in [2.45, 2.75) is 31.7 Å². The minimum absolute atomic E-state index is 0.221. The fraction of sp³-hybridized carbons (Fsp3) is 0.571. The van der Waals surface area contributed by atoms with Crippen molar-refractivity contribution in [2.75, 3.05) is 13.2 Å². The highest BCUT2D eigenvalue weighted by molar-refractivity contribution is 5.25. The van der Waals surface area contributed by atoms with E-state index in [0.717, 1.165) is 26.1 Å². The summed E-state index contributed by atoms with van der Waals surface area (Å²) in [7, 11) is 0. The Labute approximate surface area is 97.8 Å². The Morgan fingerprint density at radius 1 is 1.38 bits per heavy atom. The fourth-order valence-corrected chi connectivity index (χ4v) is 2.62. The van der Waals surface area contributed by atoms with Crippen molar-refractivity contribution >= 4 is 0 Å². The monoisotopic (exact) mass is 219 g/mol. The number of hydrogen-bond acceptors (Lipinski definition) is 2. The predicted octanol–water partition coefficient (Wildman–Crippen LogP) is 2.68. The lowest BCUT2D eigenvalue weighted by Gasteiger charge is -2.39. The van der Waals surface area contributed by atoms with Crippen molar-refractivity contribution in [1.29, 1.82) is 0 Å². The standard InChI is InChI=1S/C14H21NO/c1-2-14(15,12-7-4-3-5-8-12)13-9-6-10-16-11-13/h3-5,7-8,13H,2,6,9-11,15H2,1H3. The molecule has 2 heteroatoms. The normalized spacial score (nSPS) is 25.0. The molecule has 0 radical (unpaired) electrons. The van der Waals surface area contributed by atoms with Crippen LogP contribution in [-0.4, -0.2) is 13.2 Å². The molecule has 1 heterocycles. The van der Waals surface area contributed by atoms with Crippen LogP contribution in [0.2, 0.25) is 0 Å². The third kappa shape index (κ3) is 2.13. The van der Waals surface area contributed by atoms with Crippen LogP contribution in [0.25, 0.3) is 0 Å². The molecule has 2 N–H and O–H groups in total. The second kappa shape index (κ2) is 4.98. The van der Waals surface area contributed by atoms with E-state index in [1.54, 1.807) is 0 Å². The second-order valence-corrected chi connectivity index (χ2v) is 4.67. The summed E-state index contributed by atoms with van der Waals surface area (Å²) in [5.74, 6) is 0.452. The third-order valence-electron chi connectivity index (χ3n) is 3.79. The van der Waals surface area contributed by atoms with Gasteiger partial charge in [0.1, 0.15) is 0 Å². The largest absolute Gasteiger partial charge is 0.381 e. The summed E-state index contributed by atoms with van der Waals surface area (Å²) in [4.78, 5) is 0. The van der Waals surface area contributed by atoms with Crippen molar-refractivity contribution < 1.29 is 4.74 Å². The Morgan fingerprint density at radius 3 is 2.69 bits per heavy atom. The molecule has 1 aromatic rings. The number of benzene rings is 1. The first kappa shape index (κ1) is 11.6. The molecule has 0 bridgehead atoms. The van der Waals surface area contributed by atoms with Gasteiger partial charge in [-0.1, -0.05) is 37.3 Å². The van der Waals surface area contributed by atoms with Gasteiger partial charge in [0, 0.05) is 18.1 Å². The van der Waals surface area contributed by atoms with Gasteiger partial charge >= 0.3 is 0 Å². The lowest BCUT2D eigenvalue weighted by molar-refractivity contribution is 0.0186. The molecule has 1 aromatic carbocycles. The predicted molar refractivity (Wildman–Crippen MR) is 66.1 cm³/mol. The molecule has 1 fully saturated rings. The van der Waals surface area contributed by atoms with E-state index in [2.05, 4.69) is 31.2 Å². The first-order valence-corrected chi connectivity index (χ1v) is 6.19. The van der Waals surface area contributed by atoms with Gasteiger partial charge in [0.25, 0.3) is 0 Å². The summed E-state index contributed by atoms with van der Waals surface area (Å²) in [6.45, 7) is 3.87. The first-order valence-electron chi connectivity index (χ1n) is 6.19. The molecule has 2 rings (SSSR count). The first-order chi connectivity index (χ1) is 7.77. The highest BCUT2D eigenvalue weighted by atomic mass is 16.5. The van der Waals surface area contributed by atoms with Crippen LogP contribution >= 0.6 is 0 Å². The maximum atomic E-state index is 6.61. The molecule has 0 aromatic heterocycles. The van der Waals surface area contributed by atoms with E-state index >= 15 is 0 Å². The zero-order valence-electron chi connectivity index (χ0n) is 9.99. The SMILES string of the molecule is CCC(N)(c1ccccc1)C1CCCOC1. The van der Waals surface area contributed by atoms with Gasteiger partial charge in [-0.3, -0.25) is 0 Å². The maximum Gasteiger partial charge on any atom is 0.0515 e. The molecule has 1 aliphatic heterocycles. The molecule has 1 saturated heterocycles. The smallest absolute Gasteiger partial charge is 0.0515 e. The Morgan fingerprint density at radius 2 is 2.12 bits per heavy atom. The van der Waals surface area contributed by atoms with Crippen molar-refractivity contribution in [1.82, 2.24) is 0 Å². The topological polar surface area (TPSA) is 35.2 Å². The molecule has 0 saturated carbocycles. The minimum Gasteiger partial charge on any atom is -0.381 e. The van der Waals surface area contributed by atoms with Crippen LogP contribution in [-0.2, 0) is 10.3 Å². The van der Waals surface area contributed by atoms with Crippen LogP contribution in [0.1, 0.15) is 31.7 Å². The lowest BCUT2D eigenvalue weighted by atomic mass is 9.74. The van der Waals surface area contributed by atoms with E-state index in [9.17, 15) is 0 Å². The molecule has 16 heavy (non-hydrogen) atoms. The minimum atomic E-state index is -0.221. The molecule has 1 aliphatic rings. The van der Waals surface area contributed by atoms with E-state index < -0.39 is 0 Å². The summed E-state index contributed by atoms with van der Waals surface area (Å²) in [5.41, 5.74) is 7.64. The zero-order chi connectivity index (χ0) is 11.4. The van der Waals surface area contributed by atoms with Gasteiger partial charge < -0.3 is 10.5 Å². The number of rotatable bonds is 3. The molecule has 0 amide bonds. The van der Waals surface area contributed by atoms with Crippen LogP contribution in [0.5, 0.6) is 0 Å². The number of ether oxygens (including phenoxy) is 1. The van der Waals surface area contributed by atoms with E-state index in [0.29, 0.717) is 5.92 Å². The molecule has 88 valence electrons. The summed E-state index contributed by atoms with van der Waals surface area (Å²) in [5, 5.41) is 0. The van der Waals surface area contributed by atoms with Crippen LogP contribution < -0.4 is 5.73 Å². The van der Waals surface area contributed by atoms with Crippen LogP contribution in [0.4, 0.5) is 0 Å². The molecule has 2 atom stereocenters. The molecular formula is C14H21NO.